The van der Waals surface area contributed by atoms with Gasteiger partial charge in [0.1, 0.15) is 17.4 Å². The predicted molar refractivity (Wildman–Crippen MR) is 70.9 cm³/mol. The Balaban J connectivity index is 2.15. The fourth-order valence-electron chi connectivity index (χ4n) is 1.83. The summed E-state index contributed by atoms with van der Waals surface area (Å²) in [5, 5.41) is 9.25. The van der Waals surface area contributed by atoms with Gasteiger partial charge >= 0.3 is 0 Å². The van der Waals surface area contributed by atoms with Gasteiger partial charge in [-0.05, 0) is 19.9 Å². The van der Waals surface area contributed by atoms with Crippen molar-refractivity contribution in [1.82, 2.24) is 15.5 Å². The van der Waals surface area contributed by atoms with Gasteiger partial charge in [0.15, 0.2) is 0 Å². The van der Waals surface area contributed by atoms with Crippen LogP contribution in [-0.4, -0.2) is 23.1 Å². The molecule has 0 bridgehead atoms. The van der Waals surface area contributed by atoms with Crippen LogP contribution in [0.5, 0.6) is 0 Å². The Morgan fingerprint density at radius 3 is 2.80 bits per heavy atom. The first-order chi connectivity index (χ1) is 9.52. The first-order valence-electron chi connectivity index (χ1n) is 6.06. The Hall–Kier alpha value is -2.44. The molecule has 0 aliphatic heterocycles. The largest absolute Gasteiger partial charge is 0.372 e. The van der Waals surface area contributed by atoms with Gasteiger partial charge in [0.25, 0.3) is 5.91 Å². The molecule has 0 unspecified atom stereocenters. The number of carbonyl (C=O) groups is 1. The van der Waals surface area contributed by atoms with Gasteiger partial charge in [-0.3, -0.25) is 4.79 Å². The molecule has 0 spiro atoms. The molecule has 2 aromatic rings. The summed E-state index contributed by atoms with van der Waals surface area (Å²) in [4.78, 5) is 15.9. The second kappa shape index (κ2) is 5.68. The van der Waals surface area contributed by atoms with E-state index in [0.29, 0.717) is 17.3 Å². The summed E-state index contributed by atoms with van der Waals surface area (Å²) in [5.74, 6) is -0.00971. The van der Waals surface area contributed by atoms with E-state index in [-0.39, 0.29) is 12.1 Å². The molecule has 2 heterocycles. The highest BCUT2D eigenvalue weighted by atomic mass is 19.1. The van der Waals surface area contributed by atoms with Crippen molar-refractivity contribution in [2.75, 3.05) is 12.4 Å². The summed E-state index contributed by atoms with van der Waals surface area (Å²) < 4.78 is 18.2. The Labute approximate surface area is 115 Å². The highest BCUT2D eigenvalue weighted by Crippen LogP contribution is 2.15. The second-order valence-corrected chi connectivity index (χ2v) is 4.29. The van der Waals surface area contributed by atoms with Gasteiger partial charge in [0.2, 0.25) is 0 Å². The van der Waals surface area contributed by atoms with Crippen LogP contribution in [-0.2, 0) is 6.54 Å². The van der Waals surface area contributed by atoms with Gasteiger partial charge in [-0.1, -0.05) is 5.16 Å². The van der Waals surface area contributed by atoms with Gasteiger partial charge in [-0.2, -0.15) is 0 Å². The number of nitrogens with one attached hydrogen (secondary N) is 2. The van der Waals surface area contributed by atoms with Gasteiger partial charge in [-0.15, -0.1) is 0 Å². The summed E-state index contributed by atoms with van der Waals surface area (Å²) >= 11 is 0. The SMILES string of the molecule is CNc1ncc(F)cc1C(=O)NCc1c(C)noc1C. The quantitative estimate of drug-likeness (QED) is 0.891. The van der Waals surface area contributed by atoms with Crippen LogP contribution >= 0.6 is 0 Å². The number of anilines is 1. The molecule has 0 saturated carbocycles. The summed E-state index contributed by atoms with van der Waals surface area (Å²) in [6.07, 6.45) is 1.05. The van der Waals surface area contributed by atoms with Gasteiger partial charge in [0, 0.05) is 19.2 Å². The number of amides is 1. The van der Waals surface area contributed by atoms with Crippen LogP contribution in [0.2, 0.25) is 0 Å². The Bertz CT molecular complexity index is 620. The van der Waals surface area contributed by atoms with E-state index in [0.717, 1.165) is 17.8 Å². The fourth-order valence-corrected chi connectivity index (χ4v) is 1.83. The number of rotatable bonds is 4. The topological polar surface area (TPSA) is 80.0 Å². The molecule has 0 saturated heterocycles. The van der Waals surface area contributed by atoms with Crippen molar-refractivity contribution < 1.29 is 13.7 Å². The number of carbonyl (C=O) groups excluding carboxylic acids is 1. The average Bonchev–Trinajstić information content (AvgIpc) is 2.75. The van der Waals surface area contributed by atoms with Crippen molar-refractivity contribution >= 4 is 11.7 Å². The zero-order chi connectivity index (χ0) is 14.7. The molecule has 0 aromatic carbocycles. The monoisotopic (exact) mass is 278 g/mol. The van der Waals surface area contributed by atoms with Crippen LogP contribution in [0.1, 0.15) is 27.4 Å². The van der Waals surface area contributed by atoms with Crippen LogP contribution in [0, 0.1) is 19.7 Å². The Kier molecular flexibility index (Phi) is 3.97. The number of hydrogen-bond acceptors (Lipinski definition) is 5. The predicted octanol–water partition coefficient (Wildman–Crippen LogP) is 1.80. The lowest BCUT2D eigenvalue weighted by molar-refractivity contribution is 0.0951. The maximum Gasteiger partial charge on any atom is 0.255 e. The van der Waals surface area contributed by atoms with Crippen molar-refractivity contribution in [1.29, 1.82) is 0 Å². The smallest absolute Gasteiger partial charge is 0.255 e. The van der Waals surface area contributed by atoms with E-state index < -0.39 is 11.7 Å². The molecule has 2 N–H and O–H groups in total. The van der Waals surface area contributed by atoms with E-state index >= 15 is 0 Å². The van der Waals surface area contributed by atoms with E-state index in [9.17, 15) is 9.18 Å². The highest BCUT2D eigenvalue weighted by Gasteiger charge is 2.15. The van der Waals surface area contributed by atoms with E-state index in [1.807, 2.05) is 0 Å². The van der Waals surface area contributed by atoms with Crippen LogP contribution < -0.4 is 10.6 Å². The van der Waals surface area contributed by atoms with Crippen molar-refractivity contribution in [3.05, 3.63) is 40.7 Å². The normalized spacial score (nSPS) is 10.4. The molecule has 6 nitrogen and oxygen atoms in total. The van der Waals surface area contributed by atoms with Gasteiger partial charge in [0.05, 0.1) is 17.5 Å². The third kappa shape index (κ3) is 2.76. The number of hydrogen-bond donors (Lipinski definition) is 2. The number of nitrogens with zero attached hydrogens (tertiary/aromatic N) is 2. The lowest BCUT2D eigenvalue weighted by Gasteiger charge is -2.09. The molecule has 0 aliphatic rings. The molecular weight excluding hydrogens is 263 g/mol. The van der Waals surface area contributed by atoms with Crippen LogP contribution in [0.4, 0.5) is 10.2 Å². The number of pyridine rings is 1. The molecule has 7 heteroatoms. The molecular formula is C13H15FN4O2. The fraction of sp³-hybridized carbons (Fsp3) is 0.308. The van der Waals surface area contributed by atoms with Crippen LogP contribution in [0.3, 0.4) is 0 Å². The summed E-state index contributed by atoms with van der Waals surface area (Å²) in [6.45, 7) is 3.82. The van der Waals surface area contributed by atoms with E-state index in [2.05, 4.69) is 20.8 Å². The molecule has 2 aromatic heterocycles. The number of aryl methyl sites for hydroxylation is 2. The third-order valence-electron chi connectivity index (χ3n) is 2.94. The first-order valence-corrected chi connectivity index (χ1v) is 6.06. The zero-order valence-corrected chi connectivity index (χ0v) is 11.5. The Morgan fingerprint density at radius 1 is 1.45 bits per heavy atom. The number of aromatic nitrogens is 2. The summed E-state index contributed by atoms with van der Waals surface area (Å²) in [6, 6.07) is 1.14. The second-order valence-electron chi connectivity index (χ2n) is 4.29. The third-order valence-corrected chi connectivity index (χ3v) is 2.94. The molecule has 0 atom stereocenters. The molecule has 1 amide bonds. The minimum Gasteiger partial charge on any atom is -0.372 e. The number of halogens is 1. The highest BCUT2D eigenvalue weighted by molar-refractivity contribution is 5.98. The first kappa shape index (κ1) is 14.0. The van der Waals surface area contributed by atoms with Crippen molar-refractivity contribution in [2.45, 2.75) is 20.4 Å². The minimum atomic E-state index is -0.563. The van der Waals surface area contributed by atoms with E-state index in [1.165, 1.54) is 0 Å². The standard InChI is InChI=1S/C13H15FN4O2/c1-7-11(8(2)20-18-7)6-17-13(19)10-4-9(14)5-16-12(10)15-3/h4-5H,6H2,1-3H3,(H,15,16)(H,17,19). The summed E-state index contributed by atoms with van der Waals surface area (Å²) in [5.41, 5.74) is 1.68. The van der Waals surface area contributed by atoms with Crippen LogP contribution in [0.25, 0.3) is 0 Å². The zero-order valence-electron chi connectivity index (χ0n) is 11.5. The summed E-state index contributed by atoms with van der Waals surface area (Å²) in [7, 11) is 1.62. The van der Waals surface area contributed by atoms with Crippen molar-refractivity contribution in [3.63, 3.8) is 0 Å². The van der Waals surface area contributed by atoms with Gasteiger partial charge < -0.3 is 15.2 Å². The van der Waals surface area contributed by atoms with Crippen LogP contribution in [0.15, 0.2) is 16.8 Å². The average molecular weight is 278 g/mol. The lowest BCUT2D eigenvalue weighted by Crippen LogP contribution is -2.24. The lowest BCUT2D eigenvalue weighted by atomic mass is 10.2. The molecule has 0 fully saturated rings. The maximum absolute atomic E-state index is 13.2. The maximum atomic E-state index is 13.2. The molecule has 0 radical (unpaired) electrons. The van der Waals surface area contributed by atoms with Crippen molar-refractivity contribution in [2.24, 2.45) is 0 Å². The molecule has 106 valence electrons. The van der Waals surface area contributed by atoms with E-state index in [4.69, 9.17) is 4.52 Å². The van der Waals surface area contributed by atoms with Crippen molar-refractivity contribution in [3.8, 4) is 0 Å². The Morgan fingerprint density at radius 2 is 2.20 bits per heavy atom. The van der Waals surface area contributed by atoms with Gasteiger partial charge in [-0.25, -0.2) is 9.37 Å². The molecule has 0 aliphatic carbocycles. The van der Waals surface area contributed by atoms with E-state index in [1.54, 1.807) is 20.9 Å². The molecule has 2 rings (SSSR count). The molecule has 20 heavy (non-hydrogen) atoms. The minimum absolute atomic E-state index is 0.152.